The second-order valence-electron chi connectivity index (χ2n) is 6.43. The summed E-state index contributed by atoms with van der Waals surface area (Å²) in [5, 5.41) is 2.43. The molecular weight excluding hydrogens is 461 g/mol. The Morgan fingerprint density at radius 2 is 1.74 bits per heavy atom. The summed E-state index contributed by atoms with van der Waals surface area (Å²) in [5.74, 6) is -1.34. The number of anilines is 1. The maximum atomic E-state index is 12.6. The van der Waals surface area contributed by atoms with Crippen molar-refractivity contribution in [3.8, 4) is 5.75 Å². The van der Waals surface area contributed by atoms with Gasteiger partial charge in [-0.1, -0.05) is 23.7 Å². The molecule has 0 fully saturated rings. The molecule has 2 rings (SSSR count). The highest BCUT2D eigenvalue weighted by molar-refractivity contribution is 7.89. The Bertz CT molecular complexity index is 1070. The van der Waals surface area contributed by atoms with Crippen molar-refractivity contribution in [2.75, 3.05) is 25.5 Å². The molecule has 0 bridgehead atoms. The summed E-state index contributed by atoms with van der Waals surface area (Å²) in [4.78, 5) is 23.5. The second-order valence-corrected chi connectivity index (χ2v) is 8.92. The Kier molecular flexibility index (Phi) is 7.68. The monoisotopic (exact) mass is 478 g/mol. The van der Waals surface area contributed by atoms with E-state index < -0.39 is 35.3 Å². The van der Waals surface area contributed by atoms with E-state index in [4.69, 9.17) is 11.6 Å². The molecule has 0 saturated carbocycles. The van der Waals surface area contributed by atoms with Gasteiger partial charge in [-0.3, -0.25) is 9.59 Å². The van der Waals surface area contributed by atoms with E-state index in [1.54, 1.807) is 0 Å². The average Bonchev–Trinajstić information content (AvgIpc) is 2.66. The number of alkyl halides is 3. The van der Waals surface area contributed by atoms with Crippen LogP contribution < -0.4 is 10.1 Å². The predicted octanol–water partition coefficient (Wildman–Crippen LogP) is 3.74. The molecule has 0 aliphatic carbocycles. The summed E-state index contributed by atoms with van der Waals surface area (Å²) >= 11 is 5.82. The van der Waals surface area contributed by atoms with Gasteiger partial charge >= 0.3 is 6.18 Å². The number of carbonyl (C=O) groups excluding carboxylic acids is 2. The van der Waals surface area contributed by atoms with Crippen LogP contribution in [0, 0.1) is 0 Å². The fraction of sp³-hybridized carbons (Fsp3) is 0.263. The third-order valence-electron chi connectivity index (χ3n) is 3.94. The third kappa shape index (κ3) is 6.94. The van der Waals surface area contributed by atoms with Crippen LogP contribution in [0.2, 0.25) is 5.02 Å². The lowest BCUT2D eigenvalue weighted by molar-refractivity contribution is -0.153. The minimum absolute atomic E-state index is 0.126. The molecule has 0 radical (unpaired) electrons. The Morgan fingerprint density at radius 1 is 1.13 bits per heavy atom. The number of hydrogen-bond acceptors (Lipinski definition) is 5. The number of likely N-dealkylation sites (N-methyl/N-ethyl adjacent to an activating group) is 1. The van der Waals surface area contributed by atoms with Gasteiger partial charge in [0.25, 0.3) is 0 Å². The van der Waals surface area contributed by atoms with E-state index in [-0.39, 0.29) is 27.1 Å². The number of sulfonamides is 1. The summed E-state index contributed by atoms with van der Waals surface area (Å²) in [6.07, 6.45) is -4.59. The van der Waals surface area contributed by atoms with Crippen molar-refractivity contribution in [2.24, 2.45) is 0 Å². The van der Waals surface area contributed by atoms with Gasteiger partial charge in [-0.25, -0.2) is 8.42 Å². The second kappa shape index (κ2) is 9.67. The first-order valence-corrected chi connectivity index (χ1v) is 10.5. The molecule has 0 aliphatic heterocycles. The van der Waals surface area contributed by atoms with Crippen LogP contribution in [-0.2, 0) is 14.8 Å². The number of Topliss-reactive ketones (excluding diaryl/α,β-unsaturated/α-hetero) is 1. The minimum atomic E-state index is -4.59. The lowest BCUT2D eigenvalue weighted by Gasteiger charge is -2.18. The molecule has 0 atom stereocenters. The van der Waals surface area contributed by atoms with Crippen LogP contribution in [0.1, 0.15) is 17.3 Å². The van der Waals surface area contributed by atoms with E-state index in [2.05, 4.69) is 10.1 Å². The van der Waals surface area contributed by atoms with Gasteiger partial charge in [0.2, 0.25) is 15.9 Å². The third-order valence-corrected chi connectivity index (χ3v) is 6.00. The molecule has 168 valence electrons. The molecule has 2 aromatic carbocycles. The van der Waals surface area contributed by atoms with Crippen LogP contribution in [0.15, 0.2) is 47.4 Å². The van der Waals surface area contributed by atoms with Gasteiger partial charge in [-0.05, 0) is 37.3 Å². The van der Waals surface area contributed by atoms with Crippen molar-refractivity contribution >= 4 is 39.0 Å². The van der Waals surface area contributed by atoms with Crippen LogP contribution in [0.25, 0.3) is 0 Å². The van der Waals surface area contributed by atoms with Gasteiger partial charge < -0.3 is 10.1 Å². The Morgan fingerprint density at radius 3 is 2.29 bits per heavy atom. The van der Waals surface area contributed by atoms with E-state index in [1.165, 1.54) is 43.3 Å². The summed E-state index contributed by atoms with van der Waals surface area (Å²) in [6, 6.07) is 8.78. The van der Waals surface area contributed by atoms with E-state index in [9.17, 15) is 31.2 Å². The molecule has 2 aromatic rings. The van der Waals surface area contributed by atoms with E-state index in [0.717, 1.165) is 17.4 Å². The summed E-state index contributed by atoms with van der Waals surface area (Å²) in [7, 11) is -2.90. The quantitative estimate of drug-likeness (QED) is 0.583. The smallest absolute Gasteiger partial charge is 0.422 e. The number of ketones is 1. The molecule has 0 heterocycles. The van der Waals surface area contributed by atoms with Crippen LogP contribution in [0.5, 0.6) is 5.75 Å². The largest absolute Gasteiger partial charge is 0.482 e. The molecule has 1 amide bonds. The molecule has 31 heavy (non-hydrogen) atoms. The number of rotatable bonds is 8. The standard InChI is InChI=1S/C19H18ClF3N2O5S/c1-12(26)13-3-6-15(7-4-13)31(28,29)25(2)10-18(27)24-16-9-14(20)5-8-17(16)30-11-19(21,22)23/h3-9H,10-11H2,1-2H3,(H,24,27). The lowest BCUT2D eigenvalue weighted by atomic mass is 10.2. The normalized spacial score (nSPS) is 12.0. The number of benzene rings is 2. The summed E-state index contributed by atoms with van der Waals surface area (Å²) in [6.45, 7) is -0.882. The maximum absolute atomic E-state index is 12.6. The Balaban J connectivity index is 2.13. The zero-order valence-electron chi connectivity index (χ0n) is 16.4. The first kappa shape index (κ1) is 24.6. The number of ether oxygens (including phenoxy) is 1. The van der Waals surface area contributed by atoms with Gasteiger partial charge in [-0.15, -0.1) is 0 Å². The molecule has 0 aliphatic rings. The number of carbonyl (C=O) groups is 2. The minimum Gasteiger partial charge on any atom is -0.482 e. The van der Waals surface area contributed by atoms with Crippen molar-refractivity contribution in [1.82, 2.24) is 4.31 Å². The average molecular weight is 479 g/mol. The van der Waals surface area contributed by atoms with Gasteiger partial charge in [0.1, 0.15) is 5.75 Å². The number of halogens is 4. The van der Waals surface area contributed by atoms with Crippen LogP contribution in [0.3, 0.4) is 0 Å². The number of nitrogens with zero attached hydrogens (tertiary/aromatic N) is 1. The molecule has 0 spiro atoms. The highest BCUT2D eigenvalue weighted by Gasteiger charge is 2.29. The Hall–Kier alpha value is -2.63. The van der Waals surface area contributed by atoms with Crippen molar-refractivity contribution in [2.45, 2.75) is 18.0 Å². The molecule has 7 nitrogen and oxygen atoms in total. The topological polar surface area (TPSA) is 92.8 Å². The van der Waals surface area contributed by atoms with E-state index >= 15 is 0 Å². The number of nitrogens with one attached hydrogen (secondary N) is 1. The molecule has 0 unspecified atom stereocenters. The van der Waals surface area contributed by atoms with E-state index in [1.807, 2.05) is 0 Å². The summed E-state index contributed by atoms with van der Waals surface area (Å²) < 4.78 is 67.9. The van der Waals surface area contributed by atoms with Gasteiger partial charge in [0.05, 0.1) is 17.1 Å². The van der Waals surface area contributed by atoms with Gasteiger partial charge in [0, 0.05) is 17.6 Å². The highest BCUT2D eigenvalue weighted by atomic mass is 35.5. The van der Waals surface area contributed by atoms with Crippen LogP contribution >= 0.6 is 11.6 Å². The molecule has 0 saturated heterocycles. The van der Waals surface area contributed by atoms with Gasteiger partial charge in [-0.2, -0.15) is 17.5 Å². The molecule has 1 N–H and O–H groups in total. The van der Waals surface area contributed by atoms with Crippen LogP contribution in [0.4, 0.5) is 18.9 Å². The Labute approximate surface area is 181 Å². The first-order valence-electron chi connectivity index (χ1n) is 8.66. The maximum Gasteiger partial charge on any atom is 0.422 e. The fourth-order valence-corrected chi connectivity index (χ4v) is 3.70. The van der Waals surface area contributed by atoms with Crippen molar-refractivity contribution < 1.29 is 35.9 Å². The molecule has 0 aromatic heterocycles. The lowest BCUT2D eigenvalue weighted by Crippen LogP contribution is -2.35. The van der Waals surface area contributed by atoms with Crippen molar-refractivity contribution in [3.05, 3.63) is 53.1 Å². The number of amides is 1. The van der Waals surface area contributed by atoms with Crippen LogP contribution in [-0.4, -0.2) is 50.8 Å². The van der Waals surface area contributed by atoms with Gasteiger partial charge in [0.15, 0.2) is 12.4 Å². The first-order chi connectivity index (χ1) is 14.3. The van der Waals surface area contributed by atoms with Crippen molar-refractivity contribution in [3.63, 3.8) is 0 Å². The van der Waals surface area contributed by atoms with Crippen molar-refractivity contribution in [1.29, 1.82) is 0 Å². The molecular formula is C19H18ClF3N2O5S. The molecule has 12 heteroatoms. The predicted molar refractivity (Wildman–Crippen MR) is 108 cm³/mol. The summed E-state index contributed by atoms with van der Waals surface area (Å²) in [5.41, 5.74) is 0.185. The number of hydrogen-bond donors (Lipinski definition) is 1. The van der Waals surface area contributed by atoms with E-state index in [0.29, 0.717) is 5.56 Å². The zero-order chi connectivity index (χ0) is 23.4. The highest BCUT2D eigenvalue weighted by Crippen LogP contribution is 2.30. The fourth-order valence-electron chi connectivity index (χ4n) is 2.40. The zero-order valence-corrected chi connectivity index (χ0v) is 17.9. The SMILES string of the molecule is CC(=O)c1ccc(S(=O)(=O)N(C)CC(=O)Nc2cc(Cl)ccc2OCC(F)(F)F)cc1.